The van der Waals surface area contributed by atoms with E-state index in [1.807, 2.05) is 0 Å². The number of rotatable bonds is 6. The lowest BCUT2D eigenvalue weighted by molar-refractivity contribution is 0.230. The first-order valence-corrected chi connectivity index (χ1v) is 12.9. The van der Waals surface area contributed by atoms with E-state index in [-0.39, 0.29) is 0 Å². The van der Waals surface area contributed by atoms with Crippen molar-refractivity contribution in [3.05, 3.63) is 71.8 Å². The van der Waals surface area contributed by atoms with Crippen molar-refractivity contribution in [2.24, 2.45) is 35.0 Å². The zero-order valence-corrected chi connectivity index (χ0v) is 20.3. The quantitative estimate of drug-likeness (QED) is 0.407. The zero-order valence-electron chi connectivity index (χ0n) is 20.3. The highest BCUT2D eigenvalue weighted by Crippen LogP contribution is 2.56. The van der Waals surface area contributed by atoms with Crippen LogP contribution in [0.1, 0.15) is 83.3 Å². The molecule has 4 atom stereocenters. The summed E-state index contributed by atoms with van der Waals surface area (Å²) in [4.78, 5) is 0. The van der Waals surface area contributed by atoms with Gasteiger partial charge >= 0.3 is 0 Å². The Bertz CT molecular complexity index is 793. The molecule has 0 amide bonds. The Morgan fingerprint density at radius 2 is 1.65 bits per heavy atom. The minimum absolute atomic E-state index is 0.346. The molecule has 4 unspecified atom stereocenters. The Labute approximate surface area is 191 Å². The molecular weight excluding hydrogens is 372 g/mol. The molecule has 0 spiro atoms. The second-order valence-corrected chi connectivity index (χ2v) is 11.9. The molecule has 1 aromatic rings. The molecule has 3 aliphatic rings. The summed E-state index contributed by atoms with van der Waals surface area (Å²) in [6.45, 7) is 16.4. The lowest BCUT2D eigenvalue weighted by atomic mass is 9.70. The van der Waals surface area contributed by atoms with E-state index in [1.165, 1.54) is 61.6 Å². The molecule has 168 valence electrons. The van der Waals surface area contributed by atoms with E-state index in [0.717, 1.165) is 25.2 Å². The molecule has 0 aromatic heterocycles. The van der Waals surface area contributed by atoms with Crippen LogP contribution in [0.3, 0.4) is 0 Å². The fraction of sp³-hybridized carbons (Fsp3) is 0.613. The first kappa shape index (κ1) is 22.6. The number of fused-ring (bicyclic) bond motifs is 1. The maximum absolute atomic E-state index is 4.71. The molecule has 0 heterocycles. The highest BCUT2D eigenvalue weighted by Gasteiger charge is 2.48. The van der Waals surface area contributed by atoms with Crippen LogP contribution in [0.15, 0.2) is 60.7 Å². The monoisotopic (exact) mass is 416 g/mol. The van der Waals surface area contributed by atoms with E-state index >= 15 is 0 Å². The molecule has 0 N–H and O–H groups in total. The van der Waals surface area contributed by atoms with Gasteiger partial charge in [-0.1, -0.05) is 101 Å². The third-order valence-corrected chi connectivity index (χ3v) is 8.29. The summed E-state index contributed by atoms with van der Waals surface area (Å²) in [6.07, 6.45) is 18.0. The van der Waals surface area contributed by atoms with Gasteiger partial charge in [0.25, 0.3) is 0 Å². The number of hydrogen-bond donors (Lipinski definition) is 0. The summed E-state index contributed by atoms with van der Waals surface area (Å²) in [5.41, 5.74) is 6.34. The number of aryl methyl sites for hydroxylation is 1. The van der Waals surface area contributed by atoms with Crippen LogP contribution in [-0.4, -0.2) is 0 Å². The molecule has 2 fully saturated rings. The second kappa shape index (κ2) is 9.51. The Morgan fingerprint density at radius 1 is 0.968 bits per heavy atom. The lowest BCUT2D eigenvalue weighted by Crippen LogP contribution is -2.26. The van der Waals surface area contributed by atoms with E-state index in [0.29, 0.717) is 29.1 Å². The van der Waals surface area contributed by atoms with Crippen molar-refractivity contribution in [1.82, 2.24) is 0 Å². The second-order valence-electron chi connectivity index (χ2n) is 11.9. The van der Waals surface area contributed by atoms with Gasteiger partial charge in [0.05, 0.1) is 0 Å². The van der Waals surface area contributed by atoms with Gasteiger partial charge < -0.3 is 0 Å². The standard InChI is InChI=1S/C31H44/c1-22(15-16-24-17-19-25(20-18-24)21-31(3,4)5)29-28-14-10-9-13-27(28)23(2)30(29)26-11-7-6-8-12-26/h10,14,17-20,26-30H,1-2,6-9,11-13,15-16,21H2,3-5H3. The third kappa shape index (κ3) is 5.27. The van der Waals surface area contributed by atoms with Gasteiger partial charge in [-0.25, -0.2) is 0 Å². The van der Waals surface area contributed by atoms with Crippen LogP contribution in [0.2, 0.25) is 0 Å². The minimum Gasteiger partial charge on any atom is -0.0995 e. The minimum atomic E-state index is 0.346. The van der Waals surface area contributed by atoms with Gasteiger partial charge in [-0.15, -0.1) is 0 Å². The molecule has 2 saturated carbocycles. The molecule has 0 radical (unpaired) electrons. The van der Waals surface area contributed by atoms with Crippen LogP contribution >= 0.6 is 0 Å². The number of allylic oxidation sites excluding steroid dienone is 4. The molecule has 1 aromatic carbocycles. The SMILES string of the molecule is C=C1C2CCC=CC2C(C(=C)CCc2ccc(CC(C)(C)C)cc2)C1C1CCCCC1. The molecule has 0 nitrogen and oxygen atoms in total. The average molecular weight is 417 g/mol. The van der Waals surface area contributed by atoms with Crippen LogP contribution in [0.25, 0.3) is 0 Å². The van der Waals surface area contributed by atoms with Gasteiger partial charge in [0.15, 0.2) is 0 Å². The normalized spacial score (nSPS) is 29.2. The van der Waals surface area contributed by atoms with Gasteiger partial charge in [-0.3, -0.25) is 0 Å². The van der Waals surface area contributed by atoms with Crippen LogP contribution in [0.4, 0.5) is 0 Å². The van der Waals surface area contributed by atoms with Crippen LogP contribution in [-0.2, 0) is 12.8 Å². The molecular formula is C31H44. The van der Waals surface area contributed by atoms with Crippen molar-refractivity contribution < 1.29 is 0 Å². The predicted molar refractivity (Wildman–Crippen MR) is 135 cm³/mol. The molecule has 31 heavy (non-hydrogen) atoms. The van der Waals surface area contributed by atoms with Crippen molar-refractivity contribution in [3.63, 3.8) is 0 Å². The Morgan fingerprint density at radius 3 is 2.32 bits per heavy atom. The molecule has 0 heteroatoms. The van der Waals surface area contributed by atoms with Crippen LogP contribution in [0.5, 0.6) is 0 Å². The fourth-order valence-electron chi connectivity index (χ4n) is 6.90. The summed E-state index contributed by atoms with van der Waals surface area (Å²) >= 11 is 0. The molecule has 0 saturated heterocycles. The zero-order chi connectivity index (χ0) is 22.0. The van der Waals surface area contributed by atoms with Crippen LogP contribution < -0.4 is 0 Å². The van der Waals surface area contributed by atoms with E-state index in [9.17, 15) is 0 Å². The van der Waals surface area contributed by atoms with Gasteiger partial charge in [-0.05, 0) is 91.1 Å². The Hall–Kier alpha value is -1.56. The summed E-state index contributed by atoms with van der Waals surface area (Å²) in [6, 6.07) is 9.38. The topological polar surface area (TPSA) is 0 Å². The maximum Gasteiger partial charge on any atom is -0.00688 e. The van der Waals surface area contributed by atoms with Crippen molar-refractivity contribution in [1.29, 1.82) is 0 Å². The van der Waals surface area contributed by atoms with Gasteiger partial charge in [0, 0.05) is 0 Å². The Kier molecular flexibility index (Phi) is 6.95. The summed E-state index contributed by atoms with van der Waals surface area (Å²) in [5.74, 6) is 3.51. The van der Waals surface area contributed by atoms with Gasteiger partial charge in [-0.2, -0.15) is 0 Å². The fourth-order valence-corrected chi connectivity index (χ4v) is 6.90. The van der Waals surface area contributed by atoms with Gasteiger partial charge in [0.1, 0.15) is 0 Å². The first-order chi connectivity index (χ1) is 14.8. The lowest BCUT2D eigenvalue weighted by Gasteiger charge is -2.34. The first-order valence-electron chi connectivity index (χ1n) is 12.9. The molecule has 0 aliphatic heterocycles. The highest BCUT2D eigenvalue weighted by molar-refractivity contribution is 5.31. The van der Waals surface area contributed by atoms with E-state index in [1.54, 1.807) is 5.57 Å². The molecule has 4 rings (SSSR count). The van der Waals surface area contributed by atoms with E-state index in [2.05, 4.69) is 57.2 Å². The van der Waals surface area contributed by atoms with Gasteiger partial charge in [0.2, 0.25) is 0 Å². The summed E-state index contributed by atoms with van der Waals surface area (Å²) in [7, 11) is 0. The van der Waals surface area contributed by atoms with Crippen molar-refractivity contribution in [3.8, 4) is 0 Å². The largest absolute Gasteiger partial charge is 0.0995 e. The highest BCUT2D eigenvalue weighted by atomic mass is 14.5. The molecule has 0 bridgehead atoms. The summed E-state index contributed by atoms with van der Waals surface area (Å²) < 4.78 is 0. The average Bonchev–Trinajstić information content (AvgIpc) is 3.05. The predicted octanol–water partition coefficient (Wildman–Crippen LogP) is 8.73. The third-order valence-electron chi connectivity index (χ3n) is 8.29. The van der Waals surface area contributed by atoms with Crippen LogP contribution in [0, 0.1) is 35.0 Å². The molecule has 3 aliphatic carbocycles. The van der Waals surface area contributed by atoms with Crippen molar-refractivity contribution >= 4 is 0 Å². The van der Waals surface area contributed by atoms with E-state index < -0.39 is 0 Å². The van der Waals surface area contributed by atoms with Crippen molar-refractivity contribution in [2.75, 3.05) is 0 Å². The number of benzene rings is 1. The van der Waals surface area contributed by atoms with E-state index in [4.69, 9.17) is 13.2 Å². The smallest absolute Gasteiger partial charge is 0.00688 e. The Balaban J connectivity index is 1.45. The maximum atomic E-state index is 4.71. The van der Waals surface area contributed by atoms with Crippen molar-refractivity contribution in [2.45, 2.75) is 85.0 Å². The summed E-state index contributed by atoms with van der Waals surface area (Å²) in [5, 5.41) is 0. The number of hydrogen-bond acceptors (Lipinski definition) is 0.